The Bertz CT molecular complexity index is 983. The van der Waals surface area contributed by atoms with E-state index in [1.54, 1.807) is 19.9 Å². The number of benzene rings is 2. The molecule has 0 heterocycles. The third-order valence-corrected chi connectivity index (χ3v) is 4.69. The summed E-state index contributed by atoms with van der Waals surface area (Å²) < 4.78 is 5.59. The van der Waals surface area contributed by atoms with Gasteiger partial charge < -0.3 is 10.5 Å². The Kier molecular flexibility index (Phi) is 7.93. The molecule has 1 unspecified atom stereocenters. The topological polar surface area (TPSA) is 64.7 Å². The second-order valence-corrected chi connectivity index (χ2v) is 7.01. The fourth-order valence-electron chi connectivity index (χ4n) is 3.49. The zero-order valence-corrected chi connectivity index (χ0v) is 18.2. The molecule has 30 heavy (non-hydrogen) atoms. The normalized spacial score (nSPS) is 14.7. The van der Waals surface area contributed by atoms with Gasteiger partial charge in [-0.3, -0.25) is 4.79 Å². The van der Waals surface area contributed by atoms with Gasteiger partial charge >= 0.3 is 0 Å². The van der Waals surface area contributed by atoms with E-state index in [1.807, 2.05) is 80.6 Å². The van der Waals surface area contributed by atoms with Crippen LogP contribution in [0.4, 0.5) is 0 Å². The third-order valence-electron chi connectivity index (χ3n) is 4.69. The molecule has 2 N–H and O–H groups in total. The van der Waals surface area contributed by atoms with Gasteiger partial charge in [0.1, 0.15) is 0 Å². The summed E-state index contributed by atoms with van der Waals surface area (Å²) in [5.41, 5.74) is 8.15. The highest BCUT2D eigenvalue weighted by atomic mass is 16.5. The van der Waals surface area contributed by atoms with Crippen molar-refractivity contribution in [3.8, 4) is 0 Å². The lowest BCUT2D eigenvalue weighted by atomic mass is 9.79. The Balaban J connectivity index is 2.75. The molecule has 4 nitrogen and oxygen atoms in total. The average Bonchev–Trinajstić information content (AvgIpc) is 2.72. The summed E-state index contributed by atoms with van der Waals surface area (Å²) in [5, 5.41) is 0. The summed E-state index contributed by atoms with van der Waals surface area (Å²) >= 11 is 0. The molecule has 0 aromatic heterocycles. The number of aliphatic imine (C=N–C) groups is 1. The van der Waals surface area contributed by atoms with E-state index in [4.69, 9.17) is 10.5 Å². The van der Waals surface area contributed by atoms with E-state index in [1.165, 1.54) is 0 Å². The van der Waals surface area contributed by atoms with Gasteiger partial charge in [-0.15, -0.1) is 0 Å². The molecule has 0 saturated heterocycles. The number of carbonyl (C=O) groups is 1. The first-order valence-electron chi connectivity index (χ1n) is 9.98. The van der Waals surface area contributed by atoms with Gasteiger partial charge in [0, 0.05) is 0 Å². The Morgan fingerprint density at radius 3 is 2.33 bits per heavy atom. The van der Waals surface area contributed by atoms with Crippen LogP contribution in [0.1, 0.15) is 44.4 Å². The van der Waals surface area contributed by atoms with Gasteiger partial charge in [0.15, 0.2) is 11.3 Å². The molecule has 0 bridgehead atoms. The molecule has 0 aliphatic heterocycles. The minimum Gasteiger partial charge on any atom is -0.499 e. The van der Waals surface area contributed by atoms with Crippen molar-refractivity contribution < 1.29 is 9.53 Å². The molecule has 2 aromatic carbocycles. The maximum atomic E-state index is 13.0. The molecule has 0 saturated carbocycles. The number of hydrogen-bond acceptors (Lipinski definition) is 3. The molecular weight excluding hydrogens is 372 g/mol. The van der Waals surface area contributed by atoms with Crippen LogP contribution in [-0.4, -0.2) is 18.2 Å². The molecule has 0 fully saturated rings. The van der Waals surface area contributed by atoms with Crippen LogP contribution in [0.3, 0.4) is 0 Å². The summed E-state index contributed by atoms with van der Waals surface area (Å²) in [5.74, 6) is 1.03. The van der Waals surface area contributed by atoms with Gasteiger partial charge in [-0.25, -0.2) is 4.99 Å². The van der Waals surface area contributed by atoms with Gasteiger partial charge in [0.25, 0.3) is 0 Å². The van der Waals surface area contributed by atoms with Crippen LogP contribution in [-0.2, 0) is 15.1 Å². The quantitative estimate of drug-likeness (QED) is 0.264. The molecular formula is C26H30N2O2. The predicted octanol–water partition coefficient (Wildman–Crippen LogP) is 5.41. The van der Waals surface area contributed by atoms with E-state index in [-0.39, 0.29) is 5.78 Å². The molecule has 0 amide bonds. The fourth-order valence-corrected chi connectivity index (χ4v) is 3.49. The van der Waals surface area contributed by atoms with Crippen molar-refractivity contribution >= 4 is 17.2 Å². The zero-order chi connectivity index (χ0) is 22.1. The molecule has 0 aliphatic carbocycles. The smallest absolute Gasteiger partial charge is 0.170 e. The number of amidine groups is 1. The van der Waals surface area contributed by atoms with Gasteiger partial charge in [0.05, 0.1) is 18.2 Å². The summed E-state index contributed by atoms with van der Waals surface area (Å²) in [6.07, 6.45) is 5.60. The molecule has 0 radical (unpaired) electrons. The van der Waals surface area contributed by atoms with Crippen LogP contribution in [0.15, 0.2) is 90.2 Å². The lowest BCUT2D eigenvalue weighted by molar-refractivity contribution is -0.120. The van der Waals surface area contributed by atoms with Crippen LogP contribution in [0, 0.1) is 0 Å². The number of rotatable bonds is 9. The second-order valence-electron chi connectivity index (χ2n) is 7.01. The molecule has 156 valence electrons. The zero-order valence-electron chi connectivity index (χ0n) is 18.2. The van der Waals surface area contributed by atoms with Crippen molar-refractivity contribution in [2.24, 2.45) is 10.7 Å². The second kappa shape index (κ2) is 10.4. The summed E-state index contributed by atoms with van der Waals surface area (Å²) in [7, 11) is 0. The van der Waals surface area contributed by atoms with Gasteiger partial charge in [-0.2, -0.15) is 0 Å². The van der Waals surface area contributed by atoms with Gasteiger partial charge in [-0.05, 0) is 62.1 Å². The molecule has 1 atom stereocenters. The molecule has 0 aliphatic rings. The number of allylic oxidation sites excluding steroid dienone is 5. The van der Waals surface area contributed by atoms with E-state index in [0.29, 0.717) is 12.4 Å². The van der Waals surface area contributed by atoms with Crippen molar-refractivity contribution in [3.05, 3.63) is 102 Å². The highest BCUT2D eigenvalue weighted by Gasteiger charge is 2.39. The Morgan fingerprint density at radius 1 is 1.10 bits per heavy atom. The first-order chi connectivity index (χ1) is 14.3. The van der Waals surface area contributed by atoms with Crippen molar-refractivity contribution in [1.82, 2.24) is 0 Å². The van der Waals surface area contributed by atoms with Crippen LogP contribution in [0.5, 0.6) is 0 Å². The van der Waals surface area contributed by atoms with Crippen LogP contribution in [0.25, 0.3) is 5.57 Å². The number of carbonyl (C=O) groups excluding carboxylic acids is 1. The molecule has 2 aromatic rings. The van der Waals surface area contributed by atoms with Crippen LogP contribution in [0.2, 0.25) is 0 Å². The number of nitrogens with two attached hydrogens (primary N) is 1. The summed E-state index contributed by atoms with van der Waals surface area (Å²) in [6.45, 7) is 11.5. The number of ether oxygens (including phenoxy) is 1. The fraction of sp³-hybridized carbons (Fsp3) is 0.231. The number of ketones is 1. The highest BCUT2D eigenvalue weighted by Crippen LogP contribution is 2.36. The minimum absolute atomic E-state index is 0.106. The maximum Gasteiger partial charge on any atom is 0.170 e. The maximum absolute atomic E-state index is 13.0. The van der Waals surface area contributed by atoms with E-state index in [9.17, 15) is 4.79 Å². The largest absolute Gasteiger partial charge is 0.499 e. The SMILES string of the molecule is C=C/C=C(\C=C(/C)OCC)c1cccc(C(N=C(C)N)(C(C)=O)c2ccccc2)c1. The van der Waals surface area contributed by atoms with Crippen molar-refractivity contribution in [3.63, 3.8) is 0 Å². The Labute approximate surface area is 179 Å². The van der Waals surface area contributed by atoms with Crippen molar-refractivity contribution in [2.45, 2.75) is 33.2 Å². The lowest BCUT2D eigenvalue weighted by Crippen LogP contribution is -2.35. The molecule has 4 heteroatoms. The average molecular weight is 403 g/mol. The van der Waals surface area contributed by atoms with Crippen LogP contribution < -0.4 is 5.73 Å². The minimum atomic E-state index is -1.21. The lowest BCUT2D eigenvalue weighted by Gasteiger charge is -2.29. The third kappa shape index (κ3) is 5.15. The first kappa shape index (κ1) is 22.9. The molecule has 2 rings (SSSR count). The predicted molar refractivity (Wildman–Crippen MR) is 125 cm³/mol. The van der Waals surface area contributed by atoms with E-state index in [0.717, 1.165) is 28.0 Å². The Morgan fingerprint density at radius 2 is 1.77 bits per heavy atom. The summed E-state index contributed by atoms with van der Waals surface area (Å²) in [6, 6.07) is 17.3. The van der Waals surface area contributed by atoms with E-state index < -0.39 is 5.54 Å². The molecule has 0 spiro atoms. The highest BCUT2D eigenvalue weighted by molar-refractivity contribution is 5.95. The number of Topliss-reactive ketones (excluding diaryl/α,β-unsaturated/α-hetero) is 1. The number of nitrogens with zero attached hydrogens (tertiary/aromatic N) is 1. The monoisotopic (exact) mass is 402 g/mol. The standard InChI is InChI=1S/C26H30N2O2/c1-6-12-22(17-19(3)30-7-2)23-13-11-16-25(18-23)26(20(4)29,28-21(5)27)24-14-9-8-10-15-24/h6,8-18H,1,7H2,2-5H3,(H2,27,28)/b19-17+,22-12+. The summed E-state index contributed by atoms with van der Waals surface area (Å²) in [4.78, 5) is 17.7. The number of hydrogen-bond donors (Lipinski definition) is 1. The van der Waals surface area contributed by atoms with E-state index in [2.05, 4.69) is 11.6 Å². The van der Waals surface area contributed by atoms with Crippen LogP contribution >= 0.6 is 0 Å². The van der Waals surface area contributed by atoms with Crippen molar-refractivity contribution in [2.75, 3.05) is 6.61 Å². The van der Waals surface area contributed by atoms with Gasteiger partial charge in [0.2, 0.25) is 0 Å². The van der Waals surface area contributed by atoms with E-state index >= 15 is 0 Å². The Hall–Kier alpha value is -3.40. The first-order valence-corrected chi connectivity index (χ1v) is 9.98. The van der Waals surface area contributed by atoms with Gasteiger partial charge in [-0.1, -0.05) is 67.3 Å². The van der Waals surface area contributed by atoms with Crippen molar-refractivity contribution in [1.29, 1.82) is 0 Å².